The van der Waals surface area contributed by atoms with Crippen molar-refractivity contribution in [3.63, 3.8) is 0 Å². The standard InChI is InChI=1S/C10H17BrO4/c1-10(2,3)15-9(14)5-7(12)4-8(13)6-11/h8,13H,4-6H2,1-3H3. The van der Waals surface area contributed by atoms with Crippen LogP contribution in [0.25, 0.3) is 0 Å². The van der Waals surface area contributed by atoms with Crippen molar-refractivity contribution < 1.29 is 19.4 Å². The zero-order valence-electron chi connectivity index (χ0n) is 9.25. The second kappa shape index (κ2) is 6.23. The number of carbonyl (C=O) groups excluding carboxylic acids is 2. The van der Waals surface area contributed by atoms with Crippen molar-refractivity contribution >= 4 is 27.7 Å². The molecule has 0 radical (unpaired) electrons. The number of esters is 1. The average molecular weight is 281 g/mol. The lowest BCUT2D eigenvalue weighted by Gasteiger charge is -2.19. The quantitative estimate of drug-likeness (QED) is 0.470. The van der Waals surface area contributed by atoms with Gasteiger partial charge in [-0.15, -0.1) is 0 Å². The minimum Gasteiger partial charge on any atom is -0.460 e. The molecule has 1 N–H and O–H groups in total. The van der Waals surface area contributed by atoms with E-state index in [4.69, 9.17) is 9.84 Å². The summed E-state index contributed by atoms with van der Waals surface area (Å²) in [7, 11) is 0. The molecule has 0 spiro atoms. The number of aliphatic hydroxyl groups excluding tert-OH is 1. The Kier molecular flexibility index (Phi) is 6.05. The number of Topliss-reactive ketones (excluding diaryl/α,β-unsaturated/α-hetero) is 1. The first-order valence-electron chi connectivity index (χ1n) is 4.72. The predicted molar refractivity (Wildman–Crippen MR) is 59.9 cm³/mol. The lowest BCUT2D eigenvalue weighted by molar-refractivity contribution is -0.156. The van der Waals surface area contributed by atoms with Crippen molar-refractivity contribution in [1.29, 1.82) is 0 Å². The smallest absolute Gasteiger partial charge is 0.313 e. The molecule has 1 atom stereocenters. The van der Waals surface area contributed by atoms with Crippen LogP contribution in [0.15, 0.2) is 0 Å². The van der Waals surface area contributed by atoms with Gasteiger partial charge in [-0.1, -0.05) is 15.9 Å². The van der Waals surface area contributed by atoms with Crippen molar-refractivity contribution in [1.82, 2.24) is 0 Å². The van der Waals surface area contributed by atoms with Crippen molar-refractivity contribution in [2.45, 2.75) is 45.3 Å². The first-order valence-corrected chi connectivity index (χ1v) is 5.84. The third kappa shape index (κ3) is 8.57. The lowest BCUT2D eigenvalue weighted by Crippen LogP contribution is -2.26. The Bertz CT molecular complexity index is 232. The molecule has 0 aliphatic heterocycles. The van der Waals surface area contributed by atoms with Gasteiger partial charge in [0.25, 0.3) is 0 Å². The lowest BCUT2D eigenvalue weighted by atomic mass is 10.1. The largest absolute Gasteiger partial charge is 0.460 e. The topological polar surface area (TPSA) is 63.6 Å². The maximum Gasteiger partial charge on any atom is 0.313 e. The highest BCUT2D eigenvalue weighted by atomic mass is 79.9. The van der Waals surface area contributed by atoms with E-state index in [1.807, 2.05) is 0 Å². The summed E-state index contributed by atoms with van der Waals surface area (Å²) in [6, 6.07) is 0. The van der Waals surface area contributed by atoms with Gasteiger partial charge in [0.15, 0.2) is 0 Å². The molecule has 15 heavy (non-hydrogen) atoms. The first-order chi connectivity index (χ1) is 6.74. The van der Waals surface area contributed by atoms with Gasteiger partial charge in [0.1, 0.15) is 17.8 Å². The van der Waals surface area contributed by atoms with Crippen LogP contribution in [-0.2, 0) is 14.3 Å². The molecule has 0 saturated carbocycles. The van der Waals surface area contributed by atoms with Crippen LogP contribution < -0.4 is 0 Å². The SMILES string of the molecule is CC(C)(C)OC(=O)CC(=O)CC(O)CBr. The molecular weight excluding hydrogens is 264 g/mol. The molecule has 0 aromatic heterocycles. The van der Waals surface area contributed by atoms with Gasteiger partial charge >= 0.3 is 5.97 Å². The summed E-state index contributed by atoms with van der Waals surface area (Å²) in [4.78, 5) is 22.4. The van der Waals surface area contributed by atoms with E-state index in [0.717, 1.165) is 0 Å². The fraction of sp³-hybridized carbons (Fsp3) is 0.800. The normalized spacial score (nSPS) is 13.4. The van der Waals surface area contributed by atoms with Crippen LogP contribution in [0.2, 0.25) is 0 Å². The summed E-state index contributed by atoms with van der Waals surface area (Å²) in [5, 5.41) is 9.48. The van der Waals surface area contributed by atoms with Gasteiger partial charge in [0, 0.05) is 11.8 Å². The molecule has 5 heteroatoms. The summed E-state index contributed by atoms with van der Waals surface area (Å²) in [5.74, 6) is -0.856. The van der Waals surface area contributed by atoms with Crippen molar-refractivity contribution in [3.8, 4) is 0 Å². The summed E-state index contributed by atoms with van der Waals surface area (Å²) in [6.45, 7) is 5.22. The van der Waals surface area contributed by atoms with Crippen LogP contribution in [0.3, 0.4) is 0 Å². The number of halogens is 1. The first kappa shape index (κ1) is 14.6. The highest BCUT2D eigenvalue weighted by Crippen LogP contribution is 2.09. The van der Waals surface area contributed by atoms with E-state index in [1.165, 1.54) is 0 Å². The fourth-order valence-corrected chi connectivity index (χ4v) is 1.16. The summed E-state index contributed by atoms with van der Waals surface area (Å²) in [5.41, 5.74) is -0.578. The van der Waals surface area contributed by atoms with Crippen LogP contribution >= 0.6 is 15.9 Å². The Balaban J connectivity index is 3.92. The predicted octanol–water partition coefficient (Wildman–Crippen LogP) is 1.43. The molecule has 0 rings (SSSR count). The number of ketones is 1. The van der Waals surface area contributed by atoms with Crippen molar-refractivity contribution in [3.05, 3.63) is 0 Å². The highest BCUT2D eigenvalue weighted by Gasteiger charge is 2.20. The van der Waals surface area contributed by atoms with E-state index in [1.54, 1.807) is 20.8 Å². The molecule has 0 aromatic rings. The molecule has 0 bridgehead atoms. The number of carbonyl (C=O) groups is 2. The van der Waals surface area contributed by atoms with Gasteiger partial charge in [-0.25, -0.2) is 0 Å². The molecule has 1 unspecified atom stereocenters. The number of hydrogen-bond donors (Lipinski definition) is 1. The molecule has 0 heterocycles. The molecule has 0 saturated heterocycles. The molecule has 0 aliphatic rings. The summed E-state index contributed by atoms with van der Waals surface area (Å²) >= 11 is 3.04. The fourth-order valence-electron chi connectivity index (χ4n) is 0.928. The third-order valence-electron chi connectivity index (χ3n) is 1.40. The van der Waals surface area contributed by atoms with Gasteiger partial charge in [-0.05, 0) is 20.8 Å². The van der Waals surface area contributed by atoms with Crippen LogP contribution in [0.5, 0.6) is 0 Å². The highest BCUT2D eigenvalue weighted by molar-refractivity contribution is 9.09. The summed E-state index contributed by atoms with van der Waals surface area (Å²) < 4.78 is 4.97. The maximum atomic E-state index is 11.2. The zero-order chi connectivity index (χ0) is 12.1. The Morgan fingerprint density at radius 2 is 1.93 bits per heavy atom. The number of ether oxygens (including phenoxy) is 1. The van der Waals surface area contributed by atoms with E-state index in [2.05, 4.69) is 15.9 Å². The molecule has 0 aromatic carbocycles. The number of alkyl halides is 1. The minimum atomic E-state index is -0.736. The molecule has 0 fully saturated rings. The van der Waals surface area contributed by atoms with Crippen molar-refractivity contribution in [2.24, 2.45) is 0 Å². The van der Waals surface area contributed by atoms with Gasteiger partial charge in [0.05, 0.1) is 6.10 Å². The average Bonchev–Trinajstić information content (AvgIpc) is 1.99. The van der Waals surface area contributed by atoms with Crippen LogP contribution in [0, 0.1) is 0 Å². The molecule has 4 nitrogen and oxygen atoms in total. The van der Waals surface area contributed by atoms with Gasteiger partial charge in [-0.3, -0.25) is 9.59 Å². The van der Waals surface area contributed by atoms with E-state index in [-0.39, 0.29) is 18.6 Å². The Hall–Kier alpha value is -0.420. The van der Waals surface area contributed by atoms with Crippen LogP contribution in [0.1, 0.15) is 33.6 Å². The second-order valence-corrected chi connectivity index (χ2v) is 4.96. The minimum absolute atomic E-state index is 0.0233. The van der Waals surface area contributed by atoms with Gasteiger partial charge in [-0.2, -0.15) is 0 Å². The maximum absolute atomic E-state index is 11.2. The second-order valence-electron chi connectivity index (χ2n) is 4.31. The molecule has 0 aliphatic carbocycles. The molecular formula is C10H17BrO4. The Labute approximate surface area is 98.1 Å². The Morgan fingerprint density at radius 3 is 2.33 bits per heavy atom. The van der Waals surface area contributed by atoms with Gasteiger partial charge < -0.3 is 9.84 Å². The van der Waals surface area contributed by atoms with Gasteiger partial charge in [0.2, 0.25) is 0 Å². The monoisotopic (exact) mass is 280 g/mol. The van der Waals surface area contributed by atoms with Crippen LogP contribution in [0.4, 0.5) is 0 Å². The molecule has 88 valence electrons. The Morgan fingerprint density at radius 1 is 1.40 bits per heavy atom. The van der Waals surface area contributed by atoms with E-state index >= 15 is 0 Å². The third-order valence-corrected chi connectivity index (χ3v) is 2.15. The van der Waals surface area contributed by atoms with Crippen LogP contribution in [-0.4, -0.2) is 33.9 Å². The van der Waals surface area contributed by atoms with E-state index in [0.29, 0.717) is 5.33 Å². The number of rotatable bonds is 5. The van der Waals surface area contributed by atoms with E-state index < -0.39 is 17.7 Å². The number of aliphatic hydroxyl groups is 1. The summed E-state index contributed by atoms with van der Waals surface area (Å²) in [6.07, 6.45) is -1.04. The van der Waals surface area contributed by atoms with Crippen molar-refractivity contribution in [2.75, 3.05) is 5.33 Å². The number of hydrogen-bond acceptors (Lipinski definition) is 4. The zero-order valence-corrected chi connectivity index (χ0v) is 10.8. The van der Waals surface area contributed by atoms with E-state index in [9.17, 15) is 9.59 Å². The molecule has 0 amide bonds.